The van der Waals surface area contributed by atoms with Crippen LogP contribution in [0.2, 0.25) is 0 Å². The van der Waals surface area contributed by atoms with Crippen LogP contribution in [-0.4, -0.2) is 50.9 Å². The van der Waals surface area contributed by atoms with Crippen LogP contribution < -0.4 is 16.0 Å². The van der Waals surface area contributed by atoms with Crippen molar-refractivity contribution in [2.45, 2.75) is 12.3 Å². The molecule has 10 heteroatoms. The number of nitrogens with zero attached hydrogens (tertiary/aromatic N) is 5. The summed E-state index contributed by atoms with van der Waals surface area (Å²) in [5.41, 5.74) is 9.62. The third-order valence-corrected chi connectivity index (χ3v) is 5.49. The first kappa shape index (κ1) is 16.3. The molecule has 3 N–H and O–H groups in total. The Bertz CT molecular complexity index is 1030. The summed E-state index contributed by atoms with van der Waals surface area (Å²) in [5, 5.41) is 2.86. The Labute approximate surface area is 158 Å². The van der Waals surface area contributed by atoms with Crippen LogP contribution in [-0.2, 0) is 9.53 Å². The second kappa shape index (κ2) is 6.39. The van der Waals surface area contributed by atoms with Crippen molar-refractivity contribution < 1.29 is 9.53 Å². The topological polar surface area (TPSA) is 119 Å². The van der Waals surface area contributed by atoms with Gasteiger partial charge in [0.1, 0.15) is 22.7 Å². The van der Waals surface area contributed by atoms with Gasteiger partial charge in [0, 0.05) is 31.0 Å². The van der Waals surface area contributed by atoms with Gasteiger partial charge in [-0.2, -0.15) is 18.7 Å². The Morgan fingerprint density at radius 2 is 2.07 bits per heavy atom. The Hall–Kier alpha value is -2.85. The summed E-state index contributed by atoms with van der Waals surface area (Å²) < 4.78 is 14.1. The minimum atomic E-state index is -0.250. The van der Waals surface area contributed by atoms with Crippen molar-refractivity contribution in [1.82, 2.24) is 18.7 Å². The number of ether oxygens (including phenoxy) is 1. The fourth-order valence-electron chi connectivity index (χ4n) is 3.66. The van der Waals surface area contributed by atoms with E-state index in [1.165, 1.54) is 0 Å². The zero-order valence-corrected chi connectivity index (χ0v) is 15.2. The predicted octanol–water partition coefficient (Wildman–Crippen LogP) is 1.37. The highest BCUT2D eigenvalue weighted by molar-refractivity contribution is 7.00. The third-order valence-electron chi connectivity index (χ3n) is 4.95. The van der Waals surface area contributed by atoms with E-state index in [1.54, 1.807) is 0 Å². The Morgan fingerprint density at radius 3 is 2.93 bits per heavy atom. The first-order valence-corrected chi connectivity index (χ1v) is 9.45. The standard InChI is InChI=1S/C17H17N7O2S/c18-15-13-10(9-2-1-3-11-14(9)23-27-22-11)8-12(25)19-16(13)21-17(20-15)24-4-6-26-7-5-24/h1-3,10H,4-8H2,(H3,18,19,20,21,25). The van der Waals surface area contributed by atoms with E-state index in [0.717, 1.165) is 33.9 Å². The lowest BCUT2D eigenvalue weighted by molar-refractivity contribution is -0.116. The SMILES string of the molecule is Nc1nc(N2CCOCC2)nc2c1C(c1cccc3nsnc13)CC(=O)N2. The number of carbonyl (C=O) groups is 1. The fourth-order valence-corrected chi connectivity index (χ4v) is 4.22. The molecule has 0 spiro atoms. The van der Waals surface area contributed by atoms with Crippen molar-refractivity contribution in [3.8, 4) is 0 Å². The molecule has 2 aliphatic heterocycles. The molecule has 138 valence electrons. The molecule has 0 radical (unpaired) electrons. The highest BCUT2D eigenvalue weighted by Crippen LogP contribution is 2.41. The van der Waals surface area contributed by atoms with E-state index in [2.05, 4.69) is 24.0 Å². The number of hydrogen-bond acceptors (Lipinski definition) is 9. The number of morpholine rings is 1. The number of rotatable bonds is 2. The fraction of sp³-hybridized carbons (Fsp3) is 0.353. The van der Waals surface area contributed by atoms with Gasteiger partial charge in [0.25, 0.3) is 0 Å². The molecule has 1 unspecified atom stereocenters. The summed E-state index contributed by atoms with van der Waals surface area (Å²) in [6.45, 7) is 2.63. The molecule has 1 fully saturated rings. The molecule has 0 aliphatic carbocycles. The lowest BCUT2D eigenvalue weighted by atomic mass is 9.85. The number of amides is 1. The molecular formula is C17H17N7O2S. The van der Waals surface area contributed by atoms with E-state index in [9.17, 15) is 4.79 Å². The van der Waals surface area contributed by atoms with Crippen LogP contribution in [0.3, 0.4) is 0 Å². The molecule has 27 heavy (non-hydrogen) atoms. The van der Waals surface area contributed by atoms with Crippen LogP contribution >= 0.6 is 11.7 Å². The van der Waals surface area contributed by atoms with Crippen molar-refractivity contribution in [1.29, 1.82) is 0 Å². The van der Waals surface area contributed by atoms with Crippen molar-refractivity contribution in [2.75, 3.05) is 42.3 Å². The molecule has 3 aromatic rings. The number of hydrogen-bond donors (Lipinski definition) is 2. The second-order valence-electron chi connectivity index (χ2n) is 6.55. The molecule has 5 rings (SSSR count). The number of nitrogens with one attached hydrogen (secondary N) is 1. The van der Waals surface area contributed by atoms with Gasteiger partial charge in [0.05, 0.1) is 24.9 Å². The van der Waals surface area contributed by atoms with E-state index >= 15 is 0 Å². The number of nitrogen functional groups attached to an aromatic ring is 1. The van der Waals surface area contributed by atoms with Crippen molar-refractivity contribution >= 4 is 46.3 Å². The molecule has 0 bridgehead atoms. The van der Waals surface area contributed by atoms with Gasteiger partial charge >= 0.3 is 0 Å². The smallest absolute Gasteiger partial charge is 0.229 e. The van der Waals surface area contributed by atoms with Crippen molar-refractivity contribution in [3.63, 3.8) is 0 Å². The summed E-state index contributed by atoms with van der Waals surface area (Å²) >= 11 is 1.16. The Balaban J connectivity index is 1.63. The van der Waals surface area contributed by atoms with Crippen LogP contribution in [0.25, 0.3) is 11.0 Å². The average molecular weight is 383 g/mol. The maximum absolute atomic E-state index is 12.4. The van der Waals surface area contributed by atoms with Crippen molar-refractivity contribution in [2.24, 2.45) is 0 Å². The predicted molar refractivity (Wildman–Crippen MR) is 102 cm³/mol. The maximum atomic E-state index is 12.4. The van der Waals surface area contributed by atoms with Gasteiger partial charge in [0.15, 0.2) is 0 Å². The summed E-state index contributed by atoms with van der Waals surface area (Å²) in [5.74, 6) is 1.03. The zero-order chi connectivity index (χ0) is 18.4. The number of aromatic nitrogens is 4. The van der Waals surface area contributed by atoms with Gasteiger partial charge < -0.3 is 20.7 Å². The van der Waals surface area contributed by atoms with E-state index in [-0.39, 0.29) is 18.2 Å². The minimum absolute atomic E-state index is 0.0984. The molecular weight excluding hydrogens is 366 g/mol. The van der Waals surface area contributed by atoms with Crippen LogP contribution in [0, 0.1) is 0 Å². The first-order valence-electron chi connectivity index (χ1n) is 8.72. The van der Waals surface area contributed by atoms with E-state index in [1.807, 2.05) is 23.1 Å². The highest BCUT2D eigenvalue weighted by Gasteiger charge is 2.33. The van der Waals surface area contributed by atoms with Gasteiger partial charge in [-0.1, -0.05) is 12.1 Å². The van der Waals surface area contributed by atoms with E-state index < -0.39 is 0 Å². The molecule has 1 atom stereocenters. The number of anilines is 3. The van der Waals surface area contributed by atoms with Crippen LogP contribution in [0.4, 0.5) is 17.6 Å². The maximum Gasteiger partial charge on any atom is 0.229 e. The molecule has 0 saturated carbocycles. The molecule has 1 aromatic carbocycles. The van der Waals surface area contributed by atoms with Crippen LogP contribution in [0.5, 0.6) is 0 Å². The summed E-state index contributed by atoms with van der Waals surface area (Å²) in [6.07, 6.45) is 0.272. The Kier molecular flexibility index (Phi) is 3.87. The first-order chi connectivity index (χ1) is 13.2. The monoisotopic (exact) mass is 383 g/mol. The molecule has 9 nitrogen and oxygen atoms in total. The summed E-state index contributed by atoms with van der Waals surface area (Å²) in [7, 11) is 0. The minimum Gasteiger partial charge on any atom is -0.383 e. The van der Waals surface area contributed by atoms with Crippen molar-refractivity contribution in [3.05, 3.63) is 29.3 Å². The quantitative estimate of drug-likeness (QED) is 0.681. The molecule has 2 aliphatic rings. The molecule has 4 heterocycles. The lowest BCUT2D eigenvalue weighted by Crippen LogP contribution is -2.38. The lowest BCUT2D eigenvalue weighted by Gasteiger charge is -2.30. The van der Waals surface area contributed by atoms with Crippen LogP contribution in [0.1, 0.15) is 23.5 Å². The van der Waals surface area contributed by atoms with E-state index in [4.69, 9.17) is 10.5 Å². The van der Waals surface area contributed by atoms with E-state index in [0.29, 0.717) is 43.9 Å². The van der Waals surface area contributed by atoms with Gasteiger partial charge in [-0.05, 0) is 11.6 Å². The van der Waals surface area contributed by atoms with Crippen LogP contribution in [0.15, 0.2) is 18.2 Å². The number of carbonyl (C=O) groups excluding carboxylic acids is 1. The Morgan fingerprint density at radius 1 is 1.22 bits per heavy atom. The van der Waals surface area contributed by atoms with Gasteiger partial charge in [0.2, 0.25) is 11.9 Å². The molecule has 2 aromatic heterocycles. The number of nitrogens with two attached hydrogens (primary N) is 1. The highest BCUT2D eigenvalue weighted by atomic mass is 32.1. The summed E-state index contributed by atoms with van der Waals surface area (Å²) in [4.78, 5) is 23.6. The van der Waals surface area contributed by atoms with Gasteiger partial charge in [-0.25, -0.2) is 0 Å². The van der Waals surface area contributed by atoms with Gasteiger partial charge in [-0.15, -0.1) is 0 Å². The molecule has 1 amide bonds. The normalized spacial score (nSPS) is 19.8. The summed E-state index contributed by atoms with van der Waals surface area (Å²) in [6, 6.07) is 5.80. The third kappa shape index (κ3) is 2.77. The zero-order valence-electron chi connectivity index (χ0n) is 14.4. The second-order valence-corrected chi connectivity index (χ2v) is 7.08. The number of benzene rings is 1. The number of fused-ring (bicyclic) bond motifs is 2. The average Bonchev–Trinajstić information content (AvgIpc) is 3.16. The largest absolute Gasteiger partial charge is 0.383 e. The molecule has 1 saturated heterocycles. The van der Waals surface area contributed by atoms with Gasteiger partial charge in [-0.3, -0.25) is 4.79 Å².